The molecule has 8 heteroatoms. The molecule has 2 saturated heterocycles. The van der Waals surface area contributed by atoms with Crippen molar-refractivity contribution >= 4 is 36.5 Å². The number of likely N-dealkylation sites (tertiary alicyclic amines) is 1. The van der Waals surface area contributed by atoms with Crippen LogP contribution in [0.15, 0.2) is 24.4 Å². The van der Waals surface area contributed by atoms with E-state index in [4.69, 9.17) is 5.73 Å². The summed E-state index contributed by atoms with van der Waals surface area (Å²) in [7, 11) is 0. The van der Waals surface area contributed by atoms with Crippen LogP contribution in [-0.2, 0) is 4.79 Å². The Hall–Kier alpha value is -1.08. The average molecular weight is 402 g/mol. The minimum Gasteiger partial charge on any atom is -0.354 e. The molecule has 3 heterocycles. The van der Waals surface area contributed by atoms with Crippen molar-refractivity contribution in [2.24, 2.45) is 17.6 Å². The topological polar surface area (TPSA) is 65.7 Å². The maximum atomic E-state index is 12.6. The fourth-order valence-corrected chi connectivity index (χ4v) is 4.48. The predicted molar refractivity (Wildman–Crippen MR) is 108 cm³/mol. The smallest absolute Gasteiger partial charge is 0.236 e. The number of fused-ring (bicyclic) bond motifs is 1. The van der Waals surface area contributed by atoms with Crippen molar-refractivity contribution in [2.45, 2.75) is 18.9 Å². The lowest BCUT2D eigenvalue weighted by Gasteiger charge is -2.35. The Labute approximate surface area is 167 Å². The number of nitrogens with two attached hydrogens (primary N) is 1. The first-order valence-electron chi connectivity index (χ1n) is 9.12. The van der Waals surface area contributed by atoms with Crippen molar-refractivity contribution in [1.29, 1.82) is 0 Å². The van der Waals surface area contributed by atoms with Gasteiger partial charge in [0, 0.05) is 51.5 Å². The minimum absolute atomic E-state index is 0. The molecule has 1 aromatic heterocycles. The van der Waals surface area contributed by atoms with Gasteiger partial charge < -0.3 is 15.5 Å². The molecule has 3 unspecified atom stereocenters. The molecule has 1 amide bonds. The van der Waals surface area contributed by atoms with Crippen molar-refractivity contribution in [3.63, 3.8) is 0 Å². The average Bonchev–Trinajstić information content (AvgIpc) is 3.19. The van der Waals surface area contributed by atoms with E-state index in [0.29, 0.717) is 24.4 Å². The fraction of sp³-hybridized carbons (Fsp3) is 0.667. The van der Waals surface area contributed by atoms with Gasteiger partial charge in [-0.2, -0.15) is 0 Å². The maximum Gasteiger partial charge on any atom is 0.236 e. The van der Waals surface area contributed by atoms with Crippen molar-refractivity contribution < 1.29 is 4.79 Å². The van der Waals surface area contributed by atoms with Crippen LogP contribution in [0, 0.1) is 11.8 Å². The molecule has 1 saturated carbocycles. The van der Waals surface area contributed by atoms with Crippen LogP contribution in [0.25, 0.3) is 0 Å². The summed E-state index contributed by atoms with van der Waals surface area (Å²) in [6, 6.07) is 6.31. The van der Waals surface area contributed by atoms with Gasteiger partial charge in [-0.3, -0.25) is 9.69 Å². The molecular formula is C18H29Cl2N5O. The summed E-state index contributed by atoms with van der Waals surface area (Å²) in [5, 5.41) is 0. The van der Waals surface area contributed by atoms with Crippen molar-refractivity contribution in [2.75, 3.05) is 50.7 Å². The number of rotatable bonds is 3. The number of hydrogen-bond acceptors (Lipinski definition) is 5. The molecule has 146 valence electrons. The molecule has 1 aromatic rings. The number of pyridine rings is 1. The van der Waals surface area contributed by atoms with E-state index in [2.05, 4.69) is 19.7 Å². The number of hydrogen-bond donors (Lipinski definition) is 1. The third-order valence-electron chi connectivity index (χ3n) is 5.97. The van der Waals surface area contributed by atoms with Gasteiger partial charge in [0.15, 0.2) is 0 Å². The van der Waals surface area contributed by atoms with Gasteiger partial charge in [-0.05, 0) is 36.8 Å². The lowest BCUT2D eigenvalue weighted by atomic mass is 9.98. The molecule has 3 atom stereocenters. The SMILES string of the molecule is Cl.Cl.NC1CCC2CN(C(=O)CN3CCN(c4ccccn4)CC3)CC12. The largest absolute Gasteiger partial charge is 0.354 e. The second-order valence-corrected chi connectivity index (χ2v) is 7.41. The number of anilines is 1. The van der Waals surface area contributed by atoms with Gasteiger partial charge in [0.2, 0.25) is 5.91 Å². The highest BCUT2D eigenvalue weighted by Gasteiger charge is 2.42. The van der Waals surface area contributed by atoms with E-state index < -0.39 is 0 Å². The molecule has 0 bridgehead atoms. The van der Waals surface area contributed by atoms with Crippen LogP contribution in [-0.4, -0.2) is 72.5 Å². The number of halogens is 2. The minimum atomic E-state index is 0. The van der Waals surface area contributed by atoms with Gasteiger partial charge in [-0.15, -0.1) is 24.8 Å². The number of carbonyl (C=O) groups excluding carboxylic acids is 1. The third kappa shape index (κ3) is 4.42. The van der Waals surface area contributed by atoms with Crippen LogP contribution >= 0.6 is 24.8 Å². The molecule has 0 radical (unpaired) electrons. The van der Waals surface area contributed by atoms with E-state index in [9.17, 15) is 4.79 Å². The molecule has 1 aliphatic carbocycles. The quantitative estimate of drug-likeness (QED) is 0.825. The second-order valence-electron chi connectivity index (χ2n) is 7.41. The molecular weight excluding hydrogens is 373 g/mol. The van der Waals surface area contributed by atoms with Crippen LogP contribution in [0.2, 0.25) is 0 Å². The van der Waals surface area contributed by atoms with Crippen LogP contribution in [0.1, 0.15) is 12.8 Å². The summed E-state index contributed by atoms with van der Waals surface area (Å²) in [6.45, 7) is 6.04. The molecule has 0 aromatic carbocycles. The Morgan fingerprint density at radius 2 is 1.88 bits per heavy atom. The normalized spacial score (nSPS) is 28.3. The zero-order chi connectivity index (χ0) is 16.5. The first-order chi connectivity index (χ1) is 11.7. The van der Waals surface area contributed by atoms with Gasteiger partial charge in [-0.25, -0.2) is 4.98 Å². The molecule has 0 spiro atoms. The first-order valence-corrected chi connectivity index (χ1v) is 9.12. The molecule has 2 N–H and O–H groups in total. The van der Waals surface area contributed by atoms with E-state index in [1.165, 1.54) is 6.42 Å². The second kappa shape index (κ2) is 9.22. The van der Waals surface area contributed by atoms with Crippen molar-refractivity contribution in [3.05, 3.63) is 24.4 Å². The number of carbonyl (C=O) groups is 1. The Morgan fingerprint density at radius 3 is 2.54 bits per heavy atom. The maximum absolute atomic E-state index is 12.6. The van der Waals surface area contributed by atoms with E-state index in [1.54, 1.807) is 0 Å². The summed E-state index contributed by atoms with van der Waals surface area (Å²) in [6.07, 6.45) is 4.16. The Kier molecular flexibility index (Phi) is 7.52. The zero-order valence-corrected chi connectivity index (χ0v) is 16.6. The highest BCUT2D eigenvalue weighted by Crippen LogP contribution is 2.37. The van der Waals surface area contributed by atoms with Gasteiger partial charge >= 0.3 is 0 Å². The van der Waals surface area contributed by atoms with Gasteiger partial charge in [-0.1, -0.05) is 6.07 Å². The first kappa shape index (κ1) is 21.2. The van der Waals surface area contributed by atoms with Crippen molar-refractivity contribution in [1.82, 2.24) is 14.8 Å². The third-order valence-corrected chi connectivity index (χ3v) is 5.97. The fourth-order valence-electron chi connectivity index (χ4n) is 4.48. The van der Waals surface area contributed by atoms with Gasteiger partial charge in [0.05, 0.1) is 6.54 Å². The molecule has 4 rings (SSSR count). The Balaban J connectivity index is 0.00000121. The lowest BCUT2D eigenvalue weighted by molar-refractivity contribution is -0.131. The molecule has 3 aliphatic rings. The molecule has 6 nitrogen and oxygen atoms in total. The van der Waals surface area contributed by atoms with Crippen molar-refractivity contribution in [3.8, 4) is 0 Å². The summed E-state index contributed by atoms with van der Waals surface area (Å²) < 4.78 is 0. The van der Waals surface area contributed by atoms with E-state index >= 15 is 0 Å². The Morgan fingerprint density at radius 1 is 1.12 bits per heavy atom. The van der Waals surface area contributed by atoms with Gasteiger partial charge in [0.1, 0.15) is 5.82 Å². The number of nitrogens with zero attached hydrogens (tertiary/aromatic N) is 4. The summed E-state index contributed by atoms with van der Waals surface area (Å²) in [5.41, 5.74) is 6.18. The van der Waals surface area contributed by atoms with Crippen LogP contribution in [0.3, 0.4) is 0 Å². The van der Waals surface area contributed by atoms with E-state index in [-0.39, 0.29) is 30.7 Å². The summed E-state index contributed by atoms with van der Waals surface area (Å²) in [4.78, 5) is 23.7. The standard InChI is InChI=1S/C18H27N5O.2ClH/c19-16-5-4-14-11-23(12-15(14)16)18(24)13-21-7-9-22(10-8-21)17-3-1-2-6-20-17;;/h1-3,6,14-16H,4-5,7-13,19H2;2*1H. The molecule has 2 aliphatic heterocycles. The van der Waals surface area contributed by atoms with Gasteiger partial charge in [0.25, 0.3) is 0 Å². The number of piperazine rings is 1. The highest BCUT2D eigenvalue weighted by molar-refractivity contribution is 5.85. The predicted octanol–water partition coefficient (Wildman–Crippen LogP) is 1.24. The highest BCUT2D eigenvalue weighted by atomic mass is 35.5. The summed E-state index contributed by atoms with van der Waals surface area (Å²) in [5.74, 6) is 2.49. The van der Waals surface area contributed by atoms with Crippen LogP contribution < -0.4 is 10.6 Å². The molecule has 3 fully saturated rings. The molecule has 26 heavy (non-hydrogen) atoms. The van der Waals surface area contributed by atoms with Crippen LogP contribution in [0.5, 0.6) is 0 Å². The lowest BCUT2D eigenvalue weighted by Crippen LogP contribution is -2.50. The number of aromatic nitrogens is 1. The van der Waals surface area contributed by atoms with E-state index in [1.807, 2.05) is 24.4 Å². The van der Waals surface area contributed by atoms with Crippen LogP contribution in [0.4, 0.5) is 5.82 Å². The summed E-state index contributed by atoms with van der Waals surface area (Å²) >= 11 is 0. The monoisotopic (exact) mass is 401 g/mol. The Bertz CT molecular complexity index is 582. The zero-order valence-electron chi connectivity index (χ0n) is 15.0. The number of amides is 1. The van der Waals surface area contributed by atoms with E-state index in [0.717, 1.165) is 51.5 Å².